The monoisotopic (exact) mass is 820 g/mol. The van der Waals surface area contributed by atoms with Gasteiger partial charge >= 0.3 is 0 Å². The van der Waals surface area contributed by atoms with Crippen LogP contribution in [-0.4, -0.2) is 113 Å². The van der Waals surface area contributed by atoms with Crippen LogP contribution in [0.3, 0.4) is 0 Å². The summed E-state index contributed by atoms with van der Waals surface area (Å²) in [6.45, 7) is 1.47. The van der Waals surface area contributed by atoms with Gasteiger partial charge in [-0.1, -0.05) is 30.3 Å². The van der Waals surface area contributed by atoms with Gasteiger partial charge in [0.2, 0.25) is 17.7 Å². The summed E-state index contributed by atoms with van der Waals surface area (Å²) in [7, 11) is 0. The van der Waals surface area contributed by atoms with Crippen LogP contribution in [0, 0.1) is 0 Å². The molecule has 2 aliphatic rings. The van der Waals surface area contributed by atoms with Crippen molar-refractivity contribution in [3.05, 3.63) is 96.4 Å². The second-order valence-electron chi connectivity index (χ2n) is 13.8. The van der Waals surface area contributed by atoms with Crippen LogP contribution >= 0.6 is 0 Å². The number of H-pyrrole nitrogens is 1. The minimum Gasteiger partial charge on any atom is -0.483 e. The second kappa shape index (κ2) is 19.8. The highest BCUT2D eigenvalue weighted by Crippen LogP contribution is 2.40. The molecule has 1 saturated heterocycles. The summed E-state index contributed by atoms with van der Waals surface area (Å²) >= 11 is 0. The number of anilines is 3. The Morgan fingerprint density at radius 2 is 1.60 bits per heavy atom. The summed E-state index contributed by atoms with van der Waals surface area (Å²) in [6, 6.07) is 20.8. The number of amides is 5. The van der Waals surface area contributed by atoms with Crippen LogP contribution in [-0.2, 0) is 33.4 Å². The maximum atomic E-state index is 13.0. The molecule has 1 fully saturated rings. The van der Waals surface area contributed by atoms with Crippen molar-refractivity contribution in [1.82, 2.24) is 30.5 Å². The highest BCUT2D eigenvalue weighted by atomic mass is 16.5. The average Bonchev–Trinajstić information content (AvgIpc) is 3.79. The van der Waals surface area contributed by atoms with Crippen molar-refractivity contribution < 1.29 is 48.0 Å². The Labute approximate surface area is 344 Å². The van der Waals surface area contributed by atoms with E-state index in [1.54, 1.807) is 12.1 Å². The van der Waals surface area contributed by atoms with Crippen molar-refractivity contribution in [3.8, 4) is 17.0 Å². The van der Waals surface area contributed by atoms with Gasteiger partial charge in [0.1, 0.15) is 23.9 Å². The van der Waals surface area contributed by atoms with Gasteiger partial charge in [0.05, 0.1) is 62.9 Å². The van der Waals surface area contributed by atoms with Gasteiger partial charge in [0.15, 0.2) is 12.8 Å². The van der Waals surface area contributed by atoms with Gasteiger partial charge in [0.25, 0.3) is 11.8 Å². The quantitative estimate of drug-likeness (QED) is 0.0490. The first kappa shape index (κ1) is 41.4. The number of nitrogens with one attached hydrogen (secondary N) is 5. The van der Waals surface area contributed by atoms with Gasteiger partial charge in [0, 0.05) is 53.1 Å². The summed E-state index contributed by atoms with van der Waals surface area (Å²) in [5.74, 6) is -1.56. The molecule has 7 rings (SSSR count). The molecule has 6 N–H and O–H groups in total. The number of aliphatic hydroxyl groups is 1. The molecule has 4 heterocycles. The molecule has 2 aromatic heterocycles. The number of hydrogen-bond acceptors (Lipinski definition) is 13. The SMILES string of the molecule is O=C(COc1cccc2c1C(O)N(C1CCC(=O)NC1=O)C2=O)NCCOCCOCCOCCC(=O)Nc1cccc(Nc2cc(-c3c[nH]c4ccccc34)ncn2)c1. The lowest BCUT2D eigenvalue weighted by atomic mass is 10.0. The number of fused-ring (bicyclic) bond motifs is 2. The molecule has 2 aliphatic heterocycles. The lowest BCUT2D eigenvalue weighted by Gasteiger charge is -2.32. The predicted octanol–water partition coefficient (Wildman–Crippen LogP) is 3.19. The van der Waals surface area contributed by atoms with Gasteiger partial charge in [-0.2, -0.15) is 0 Å². The number of benzene rings is 3. The lowest BCUT2D eigenvalue weighted by molar-refractivity contribution is -0.139. The number of para-hydroxylation sites is 1. The van der Waals surface area contributed by atoms with Crippen LogP contribution in [0.5, 0.6) is 5.75 Å². The van der Waals surface area contributed by atoms with Crippen LogP contribution in [0.4, 0.5) is 17.2 Å². The zero-order valence-corrected chi connectivity index (χ0v) is 32.5. The number of carbonyl (C=O) groups excluding carboxylic acids is 5. The van der Waals surface area contributed by atoms with E-state index in [4.69, 9.17) is 18.9 Å². The first-order valence-electron chi connectivity index (χ1n) is 19.4. The molecule has 0 radical (unpaired) electrons. The maximum absolute atomic E-state index is 13.0. The zero-order chi connectivity index (χ0) is 41.8. The van der Waals surface area contributed by atoms with Crippen LogP contribution < -0.4 is 26.0 Å². The molecular weight excluding hydrogens is 777 g/mol. The number of ether oxygens (including phenoxy) is 4. The molecule has 5 amide bonds. The summed E-state index contributed by atoms with van der Waals surface area (Å²) in [5, 5.41) is 23.1. The van der Waals surface area contributed by atoms with Crippen LogP contribution in [0.1, 0.15) is 41.4 Å². The number of nitrogens with zero attached hydrogens (tertiary/aromatic N) is 3. The van der Waals surface area contributed by atoms with Crippen molar-refractivity contribution >= 4 is 57.6 Å². The van der Waals surface area contributed by atoms with Crippen LogP contribution in [0.2, 0.25) is 0 Å². The van der Waals surface area contributed by atoms with Crippen molar-refractivity contribution in [3.63, 3.8) is 0 Å². The standard InChI is InChI=1S/C42H44N8O10/c51-36-12-11-33(40(54)49-36)50-41(55)29-8-4-10-34(39(29)42(50)56)60-24-38(53)43-14-16-58-18-20-59-19-17-57-15-13-37(52)48-27-6-3-5-26(21-27)47-35-22-32(45-25-46-35)30-23-44-31-9-2-1-7-28(30)31/h1-10,21-23,25,33,42,44,56H,11-20,24H2,(H,43,53)(H,48,52)(H,45,46,47)(H,49,51,54). The van der Waals surface area contributed by atoms with Gasteiger partial charge < -0.3 is 45.0 Å². The molecule has 0 aliphatic carbocycles. The van der Waals surface area contributed by atoms with E-state index in [9.17, 15) is 29.1 Å². The van der Waals surface area contributed by atoms with E-state index in [0.717, 1.165) is 32.7 Å². The van der Waals surface area contributed by atoms with E-state index in [1.807, 2.05) is 54.7 Å². The minimum absolute atomic E-state index is 0.0438. The number of aromatic amines is 1. The number of rotatable bonds is 20. The van der Waals surface area contributed by atoms with Crippen molar-refractivity contribution in [2.24, 2.45) is 0 Å². The van der Waals surface area contributed by atoms with Gasteiger partial charge in [-0.15, -0.1) is 0 Å². The highest BCUT2D eigenvalue weighted by Gasteiger charge is 2.45. The van der Waals surface area contributed by atoms with E-state index >= 15 is 0 Å². The Kier molecular flexibility index (Phi) is 13.7. The fourth-order valence-corrected chi connectivity index (χ4v) is 6.84. The number of carbonyl (C=O) groups is 5. The second-order valence-corrected chi connectivity index (χ2v) is 13.8. The molecule has 60 heavy (non-hydrogen) atoms. The Balaban J connectivity index is 0.717. The third-order valence-electron chi connectivity index (χ3n) is 9.69. The fraction of sp³-hybridized carbons (Fsp3) is 0.310. The minimum atomic E-state index is -1.48. The molecule has 0 bridgehead atoms. The number of piperidine rings is 1. The first-order valence-corrected chi connectivity index (χ1v) is 19.4. The number of aromatic nitrogens is 3. The molecule has 0 spiro atoms. The number of imide groups is 1. The molecular formula is C42H44N8O10. The Morgan fingerprint density at radius 1 is 0.833 bits per heavy atom. The maximum Gasteiger partial charge on any atom is 0.258 e. The first-order chi connectivity index (χ1) is 29.2. The molecule has 18 nitrogen and oxygen atoms in total. The lowest BCUT2D eigenvalue weighted by Crippen LogP contribution is -2.53. The van der Waals surface area contributed by atoms with E-state index in [2.05, 4.69) is 36.2 Å². The molecule has 2 unspecified atom stereocenters. The molecule has 5 aromatic rings. The van der Waals surface area contributed by atoms with Gasteiger partial charge in [-0.25, -0.2) is 9.97 Å². The highest BCUT2D eigenvalue weighted by molar-refractivity contribution is 6.06. The summed E-state index contributed by atoms with van der Waals surface area (Å²) < 4.78 is 22.2. The predicted molar refractivity (Wildman–Crippen MR) is 217 cm³/mol. The average molecular weight is 821 g/mol. The fourth-order valence-electron chi connectivity index (χ4n) is 6.84. The molecule has 312 valence electrons. The smallest absolute Gasteiger partial charge is 0.258 e. The normalized spacial score (nSPS) is 16.1. The Hall–Kier alpha value is -6.73. The summed E-state index contributed by atoms with van der Waals surface area (Å²) in [6.07, 6.45) is 2.25. The van der Waals surface area contributed by atoms with Crippen LogP contribution in [0.15, 0.2) is 85.3 Å². The molecule has 18 heteroatoms. The Bertz CT molecular complexity index is 2350. The van der Waals surface area contributed by atoms with Crippen molar-refractivity contribution in [2.75, 3.05) is 63.4 Å². The number of hydrogen-bond donors (Lipinski definition) is 6. The molecule has 3 aromatic carbocycles. The van der Waals surface area contributed by atoms with Gasteiger partial charge in [-0.3, -0.25) is 34.2 Å². The van der Waals surface area contributed by atoms with E-state index < -0.39 is 35.9 Å². The van der Waals surface area contributed by atoms with E-state index in [0.29, 0.717) is 31.3 Å². The molecule has 2 atom stereocenters. The summed E-state index contributed by atoms with van der Waals surface area (Å²) in [4.78, 5) is 75.0. The third kappa shape index (κ3) is 10.3. The van der Waals surface area contributed by atoms with Crippen LogP contribution in [0.25, 0.3) is 22.2 Å². The van der Waals surface area contributed by atoms with E-state index in [1.165, 1.54) is 18.5 Å². The van der Waals surface area contributed by atoms with Gasteiger partial charge in [-0.05, 0) is 42.8 Å². The van der Waals surface area contributed by atoms with Crippen molar-refractivity contribution in [2.45, 2.75) is 31.5 Å². The zero-order valence-electron chi connectivity index (χ0n) is 32.5. The van der Waals surface area contributed by atoms with Crippen molar-refractivity contribution in [1.29, 1.82) is 0 Å². The molecule has 0 saturated carbocycles. The van der Waals surface area contributed by atoms with E-state index in [-0.39, 0.29) is 75.0 Å². The summed E-state index contributed by atoms with van der Waals surface area (Å²) in [5.41, 5.74) is 4.46. The topological polar surface area (TPSA) is 235 Å². The number of aliphatic hydroxyl groups excluding tert-OH is 1. The Morgan fingerprint density at radius 3 is 2.43 bits per heavy atom. The third-order valence-corrected chi connectivity index (χ3v) is 9.69. The largest absolute Gasteiger partial charge is 0.483 e.